The lowest BCUT2D eigenvalue weighted by molar-refractivity contribution is 0.0700. The van der Waals surface area contributed by atoms with E-state index < -0.39 is 5.60 Å². The lowest BCUT2D eigenvalue weighted by Gasteiger charge is -2.12. The molecular formula is C8H9Cl3N4O. The number of fused-ring (bicyclic) bond motifs is 1. The topological polar surface area (TPSA) is 74.7 Å². The molecule has 2 N–H and O–H groups in total. The minimum atomic E-state index is -1.09. The van der Waals surface area contributed by atoms with Crippen LogP contribution in [0.3, 0.4) is 0 Å². The second kappa shape index (κ2) is 4.33. The van der Waals surface area contributed by atoms with Gasteiger partial charge < -0.3 is 10.1 Å². The highest BCUT2D eigenvalue weighted by atomic mass is 35.5. The van der Waals surface area contributed by atoms with Gasteiger partial charge in [0.2, 0.25) is 5.28 Å². The van der Waals surface area contributed by atoms with Gasteiger partial charge in [-0.1, -0.05) is 11.6 Å². The van der Waals surface area contributed by atoms with Gasteiger partial charge in [0.05, 0.1) is 0 Å². The van der Waals surface area contributed by atoms with E-state index in [1.165, 1.54) is 0 Å². The first-order valence-electron chi connectivity index (χ1n) is 4.19. The molecule has 88 valence electrons. The second-order valence-electron chi connectivity index (χ2n) is 3.63. The summed E-state index contributed by atoms with van der Waals surface area (Å²) in [4.78, 5) is 14.6. The SMILES string of the molecule is CC(C)(O)c1nc2nc(Cl)nc(Cl)c2[nH]1.Cl. The van der Waals surface area contributed by atoms with E-state index in [0.29, 0.717) is 17.0 Å². The van der Waals surface area contributed by atoms with Gasteiger partial charge in [0, 0.05) is 0 Å². The van der Waals surface area contributed by atoms with Crippen LogP contribution in [-0.2, 0) is 5.60 Å². The zero-order valence-corrected chi connectivity index (χ0v) is 10.8. The number of hydrogen-bond donors (Lipinski definition) is 2. The zero-order valence-electron chi connectivity index (χ0n) is 8.45. The molecule has 0 spiro atoms. The van der Waals surface area contributed by atoms with Gasteiger partial charge in [-0.05, 0) is 25.4 Å². The van der Waals surface area contributed by atoms with Crippen molar-refractivity contribution in [3.05, 3.63) is 16.3 Å². The minimum Gasteiger partial charge on any atom is -0.383 e. The molecule has 0 atom stereocenters. The first-order valence-corrected chi connectivity index (χ1v) is 4.95. The largest absolute Gasteiger partial charge is 0.383 e. The molecule has 5 nitrogen and oxygen atoms in total. The molecule has 0 radical (unpaired) electrons. The summed E-state index contributed by atoms with van der Waals surface area (Å²) in [5.74, 6) is 0.371. The maximum Gasteiger partial charge on any atom is 0.225 e. The highest BCUT2D eigenvalue weighted by molar-refractivity contribution is 6.35. The van der Waals surface area contributed by atoms with Gasteiger partial charge in [-0.2, -0.15) is 4.98 Å². The fourth-order valence-corrected chi connectivity index (χ4v) is 1.55. The Morgan fingerprint density at radius 2 is 1.81 bits per heavy atom. The van der Waals surface area contributed by atoms with Gasteiger partial charge in [0.15, 0.2) is 10.8 Å². The van der Waals surface area contributed by atoms with Crippen molar-refractivity contribution in [2.75, 3.05) is 0 Å². The second-order valence-corrected chi connectivity index (χ2v) is 4.32. The van der Waals surface area contributed by atoms with Crippen LogP contribution in [0.4, 0.5) is 0 Å². The Hall–Kier alpha value is -0.620. The third kappa shape index (κ3) is 2.38. The average Bonchev–Trinajstić information content (AvgIpc) is 2.46. The molecule has 0 aliphatic heterocycles. The van der Waals surface area contributed by atoms with Crippen molar-refractivity contribution in [2.24, 2.45) is 0 Å². The highest BCUT2D eigenvalue weighted by Gasteiger charge is 2.22. The molecule has 2 heterocycles. The van der Waals surface area contributed by atoms with Crippen LogP contribution in [0.5, 0.6) is 0 Å². The average molecular weight is 284 g/mol. The van der Waals surface area contributed by atoms with Crippen molar-refractivity contribution in [3.63, 3.8) is 0 Å². The third-order valence-corrected chi connectivity index (χ3v) is 2.30. The number of aromatic nitrogens is 4. The summed E-state index contributed by atoms with van der Waals surface area (Å²) in [6.45, 7) is 3.21. The van der Waals surface area contributed by atoms with E-state index in [9.17, 15) is 5.11 Å². The summed E-state index contributed by atoms with van der Waals surface area (Å²) in [5.41, 5.74) is -0.272. The van der Waals surface area contributed by atoms with Crippen molar-refractivity contribution >= 4 is 46.8 Å². The molecule has 0 bridgehead atoms. The fraction of sp³-hybridized carbons (Fsp3) is 0.375. The van der Waals surface area contributed by atoms with Crippen molar-refractivity contribution in [1.29, 1.82) is 0 Å². The van der Waals surface area contributed by atoms with E-state index in [1.54, 1.807) is 13.8 Å². The Morgan fingerprint density at radius 3 is 2.38 bits per heavy atom. The van der Waals surface area contributed by atoms with Crippen molar-refractivity contribution in [3.8, 4) is 0 Å². The van der Waals surface area contributed by atoms with Crippen LogP contribution >= 0.6 is 35.6 Å². The molecule has 0 aliphatic rings. The Kier molecular flexibility index (Phi) is 3.64. The predicted molar refractivity (Wildman–Crippen MR) is 64.2 cm³/mol. The van der Waals surface area contributed by atoms with E-state index >= 15 is 0 Å². The lowest BCUT2D eigenvalue weighted by Crippen LogP contribution is -2.17. The number of imidazole rings is 1. The quantitative estimate of drug-likeness (QED) is 0.622. The number of nitrogens with zero attached hydrogens (tertiary/aromatic N) is 3. The molecule has 0 unspecified atom stereocenters. The van der Waals surface area contributed by atoms with Crippen LogP contribution < -0.4 is 0 Å². The summed E-state index contributed by atoms with van der Waals surface area (Å²) in [6, 6.07) is 0. The molecule has 0 aromatic carbocycles. The first-order chi connectivity index (χ1) is 6.88. The number of nitrogens with one attached hydrogen (secondary N) is 1. The van der Waals surface area contributed by atoms with E-state index in [4.69, 9.17) is 23.2 Å². The van der Waals surface area contributed by atoms with Crippen LogP contribution in [0.2, 0.25) is 10.4 Å². The summed E-state index contributed by atoms with van der Waals surface area (Å²) in [5, 5.41) is 9.95. The van der Waals surface area contributed by atoms with Crippen molar-refractivity contribution in [1.82, 2.24) is 19.9 Å². The number of rotatable bonds is 1. The highest BCUT2D eigenvalue weighted by Crippen LogP contribution is 2.24. The number of hydrogen-bond acceptors (Lipinski definition) is 4. The molecule has 16 heavy (non-hydrogen) atoms. The lowest BCUT2D eigenvalue weighted by atomic mass is 10.1. The van der Waals surface area contributed by atoms with Crippen molar-refractivity contribution < 1.29 is 5.11 Å². The summed E-state index contributed by atoms with van der Waals surface area (Å²) < 4.78 is 0. The van der Waals surface area contributed by atoms with E-state index in [-0.39, 0.29) is 22.8 Å². The Labute approximate surface area is 108 Å². The van der Waals surface area contributed by atoms with E-state index in [2.05, 4.69) is 19.9 Å². The summed E-state index contributed by atoms with van der Waals surface area (Å²) in [6.07, 6.45) is 0. The van der Waals surface area contributed by atoms with Gasteiger partial charge >= 0.3 is 0 Å². The molecule has 0 fully saturated rings. The predicted octanol–water partition coefficient (Wildman–Crippen LogP) is 2.31. The van der Waals surface area contributed by atoms with Crippen LogP contribution in [0, 0.1) is 0 Å². The van der Waals surface area contributed by atoms with Crippen LogP contribution in [0.1, 0.15) is 19.7 Å². The summed E-state index contributed by atoms with van der Waals surface area (Å²) >= 11 is 11.5. The molecule has 0 saturated carbocycles. The molecule has 0 amide bonds. The van der Waals surface area contributed by atoms with E-state index in [0.717, 1.165) is 0 Å². The molecule has 2 aromatic rings. The van der Waals surface area contributed by atoms with Gasteiger partial charge in [0.25, 0.3) is 0 Å². The van der Waals surface area contributed by atoms with Gasteiger partial charge in [0.1, 0.15) is 16.9 Å². The molecule has 2 rings (SSSR count). The zero-order chi connectivity index (χ0) is 11.2. The number of aliphatic hydroxyl groups is 1. The van der Waals surface area contributed by atoms with Crippen LogP contribution in [0.25, 0.3) is 11.2 Å². The number of H-pyrrole nitrogens is 1. The van der Waals surface area contributed by atoms with E-state index in [1.807, 2.05) is 0 Å². The smallest absolute Gasteiger partial charge is 0.225 e. The van der Waals surface area contributed by atoms with Gasteiger partial charge in [-0.25, -0.2) is 9.97 Å². The fourth-order valence-electron chi connectivity index (χ4n) is 1.13. The Bertz CT molecular complexity index is 520. The maximum absolute atomic E-state index is 9.73. The summed E-state index contributed by atoms with van der Waals surface area (Å²) in [7, 11) is 0. The normalized spacial score (nSPS) is 11.6. The molecule has 8 heteroatoms. The number of aromatic amines is 1. The maximum atomic E-state index is 9.73. The standard InChI is InChI=1S/C8H8Cl2N4O.ClH/c1-8(2,15)6-11-3-4(9)12-7(10)14-5(3)13-6;/h15H,1-2H3,(H,11,12,13,14);1H. The van der Waals surface area contributed by atoms with Gasteiger partial charge in [-0.15, -0.1) is 12.4 Å². The monoisotopic (exact) mass is 282 g/mol. The Balaban J connectivity index is 0.00000128. The number of halogens is 3. The minimum absolute atomic E-state index is 0. The molecule has 2 aromatic heterocycles. The molecule has 0 aliphatic carbocycles. The molecule has 0 saturated heterocycles. The van der Waals surface area contributed by atoms with Gasteiger partial charge in [-0.3, -0.25) is 0 Å². The Morgan fingerprint density at radius 1 is 1.19 bits per heavy atom. The first kappa shape index (κ1) is 13.4. The van der Waals surface area contributed by atoms with Crippen molar-refractivity contribution in [2.45, 2.75) is 19.4 Å². The third-order valence-electron chi connectivity index (χ3n) is 1.86. The van der Waals surface area contributed by atoms with Crippen LogP contribution in [-0.4, -0.2) is 25.0 Å². The van der Waals surface area contributed by atoms with Crippen LogP contribution in [0.15, 0.2) is 0 Å². The molecular weight excluding hydrogens is 274 g/mol.